The van der Waals surface area contributed by atoms with Crippen LogP contribution in [0.1, 0.15) is 29.7 Å². The van der Waals surface area contributed by atoms with Crippen molar-refractivity contribution in [3.8, 4) is 0 Å². The molecule has 1 fully saturated rings. The van der Waals surface area contributed by atoms with Gasteiger partial charge in [-0.25, -0.2) is 4.79 Å². The Balaban J connectivity index is 1.53. The first-order chi connectivity index (χ1) is 13.0. The second-order valence-corrected chi connectivity index (χ2v) is 6.90. The first kappa shape index (κ1) is 19.1. The van der Waals surface area contributed by atoms with E-state index in [0.717, 1.165) is 19.3 Å². The summed E-state index contributed by atoms with van der Waals surface area (Å²) in [4.78, 5) is 42.3. The zero-order valence-corrected chi connectivity index (χ0v) is 15.5. The number of carbonyl (C=O) groups is 1. The molecule has 0 radical (unpaired) electrons. The summed E-state index contributed by atoms with van der Waals surface area (Å²) >= 11 is 0. The second-order valence-electron chi connectivity index (χ2n) is 6.90. The lowest BCUT2D eigenvalue weighted by atomic mass is 10.0. The number of H-pyrrole nitrogens is 2. The number of amides is 1. The lowest BCUT2D eigenvalue weighted by molar-refractivity contribution is -0.138. The number of hydrogen-bond donors (Lipinski definition) is 2. The highest BCUT2D eigenvalue weighted by molar-refractivity contribution is 5.79. The van der Waals surface area contributed by atoms with Crippen LogP contribution in [0.4, 0.5) is 0 Å². The fourth-order valence-corrected chi connectivity index (χ4v) is 3.40. The molecule has 1 atom stereocenters. The Morgan fingerprint density at radius 1 is 1.22 bits per heavy atom. The normalized spacial score (nSPS) is 17.1. The van der Waals surface area contributed by atoms with Crippen molar-refractivity contribution in [3.63, 3.8) is 0 Å². The number of aromatic nitrogens is 2. The SMILES string of the molecule is Cc1[nH]c(=O)[nH]c(=O)c1CC(=O)N1CCOC(CCCc2ccccc2)C1. The fraction of sp³-hybridized carbons (Fsp3) is 0.450. The third-order valence-corrected chi connectivity index (χ3v) is 4.91. The van der Waals surface area contributed by atoms with Crippen molar-refractivity contribution < 1.29 is 9.53 Å². The van der Waals surface area contributed by atoms with Crippen molar-refractivity contribution in [1.82, 2.24) is 14.9 Å². The third-order valence-electron chi connectivity index (χ3n) is 4.91. The number of carbonyl (C=O) groups excluding carboxylic acids is 1. The molecule has 0 bridgehead atoms. The molecule has 1 amide bonds. The Labute approximate surface area is 157 Å². The van der Waals surface area contributed by atoms with E-state index in [1.807, 2.05) is 18.2 Å². The number of rotatable bonds is 6. The highest BCUT2D eigenvalue weighted by Crippen LogP contribution is 2.14. The number of aryl methyl sites for hydroxylation is 2. The van der Waals surface area contributed by atoms with E-state index in [1.54, 1.807) is 11.8 Å². The Bertz CT molecular complexity index is 888. The van der Waals surface area contributed by atoms with Gasteiger partial charge in [0.1, 0.15) is 0 Å². The van der Waals surface area contributed by atoms with Crippen molar-refractivity contribution in [2.75, 3.05) is 19.7 Å². The molecule has 1 unspecified atom stereocenters. The Morgan fingerprint density at radius 3 is 2.74 bits per heavy atom. The summed E-state index contributed by atoms with van der Waals surface area (Å²) < 4.78 is 5.80. The first-order valence-electron chi connectivity index (χ1n) is 9.28. The molecule has 2 aromatic rings. The maximum atomic E-state index is 12.6. The van der Waals surface area contributed by atoms with Crippen molar-refractivity contribution in [3.05, 3.63) is 68.0 Å². The van der Waals surface area contributed by atoms with Crippen LogP contribution >= 0.6 is 0 Å². The van der Waals surface area contributed by atoms with Crippen molar-refractivity contribution in [1.29, 1.82) is 0 Å². The molecule has 7 nitrogen and oxygen atoms in total. The topological polar surface area (TPSA) is 95.3 Å². The maximum absolute atomic E-state index is 12.6. The summed E-state index contributed by atoms with van der Waals surface area (Å²) in [6.45, 7) is 3.19. The molecule has 27 heavy (non-hydrogen) atoms. The number of nitrogens with one attached hydrogen (secondary N) is 2. The van der Waals surface area contributed by atoms with Gasteiger partial charge in [0.25, 0.3) is 5.56 Å². The predicted molar refractivity (Wildman–Crippen MR) is 102 cm³/mol. The number of benzene rings is 1. The highest BCUT2D eigenvalue weighted by atomic mass is 16.5. The zero-order chi connectivity index (χ0) is 19.2. The lowest BCUT2D eigenvalue weighted by Gasteiger charge is -2.33. The molecule has 1 saturated heterocycles. The molecule has 1 aliphatic rings. The predicted octanol–water partition coefficient (Wildman–Crippen LogP) is 1.16. The minimum atomic E-state index is -0.557. The minimum absolute atomic E-state index is 0.0152. The Hall–Kier alpha value is -2.67. The molecule has 144 valence electrons. The average Bonchev–Trinajstić information content (AvgIpc) is 2.65. The smallest absolute Gasteiger partial charge is 0.325 e. The summed E-state index contributed by atoms with van der Waals surface area (Å²) in [6.07, 6.45) is 2.86. The van der Waals surface area contributed by atoms with Crippen molar-refractivity contribution in [2.45, 2.75) is 38.7 Å². The molecule has 3 rings (SSSR count). The van der Waals surface area contributed by atoms with Gasteiger partial charge in [-0.2, -0.15) is 0 Å². The van der Waals surface area contributed by atoms with Gasteiger partial charge >= 0.3 is 5.69 Å². The molecule has 7 heteroatoms. The van der Waals surface area contributed by atoms with E-state index in [-0.39, 0.29) is 18.4 Å². The van der Waals surface area contributed by atoms with E-state index < -0.39 is 11.2 Å². The number of nitrogens with zero attached hydrogens (tertiary/aromatic N) is 1. The van der Waals surface area contributed by atoms with Crippen molar-refractivity contribution >= 4 is 5.91 Å². The Morgan fingerprint density at radius 2 is 2.00 bits per heavy atom. The van der Waals surface area contributed by atoms with Crippen LogP contribution in [-0.2, 0) is 22.4 Å². The van der Waals surface area contributed by atoms with Gasteiger partial charge in [-0.1, -0.05) is 30.3 Å². The quantitative estimate of drug-likeness (QED) is 0.797. The van der Waals surface area contributed by atoms with Crippen LogP contribution in [0, 0.1) is 6.92 Å². The van der Waals surface area contributed by atoms with E-state index in [4.69, 9.17) is 4.74 Å². The number of hydrogen-bond acceptors (Lipinski definition) is 4. The monoisotopic (exact) mass is 371 g/mol. The van der Waals surface area contributed by atoms with Crippen LogP contribution in [0.15, 0.2) is 39.9 Å². The average molecular weight is 371 g/mol. The van der Waals surface area contributed by atoms with E-state index in [2.05, 4.69) is 22.1 Å². The molecule has 0 aliphatic carbocycles. The molecule has 0 spiro atoms. The van der Waals surface area contributed by atoms with E-state index in [0.29, 0.717) is 31.0 Å². The van der Waals surface area contributed by atoms with Gasteiger partial charge in [-0.3, -0.25) is 14.6 Å². The third kappa shape index (κ3) is 5.17. The van der Waals surface area contributed by atoms with Gasteiger partial charge in [0.05, 0.1) is 19.1 Å². The number of aromatic amines is 2. The summed E-state index contributed by atoms with van der Waals surface area (Å²) in [5.74, 6) is -0.119. The van der Waals surface area contributed by atoms with Crippen LogP contribution in [-0.4, -0.2) is 46.6 Å². The molecule has 2 heterocycles. The largest absolute Gasteiger partial charge is 0.375 e. The van der Waals surface area contributed by atoms with Gasteiger partial charge in [0, 0.05) is 24.3 Å². The molecule has 1 aliphatic heterocycles. The highest BCUT2D eigenvalue weighted by Gasteiger charge is 2.25. The Kier molecular flexibility index (Phi) is 6.24. The summed E-state index contributed by atoms with van der Waals surface area (Å²) in [6, 6.07) is 10.3. The molecular weight excluding hydrogens is 346 g/mol. The summed E-state index contributed by atoms with van der Waals surface area (Å²) in [5.41, 5.74) is 0.987. The minimum Gasteiger partial charge on any atom is -0.375 e. The van der Waals surface area contributed by atoms with Crippen LogP contribution in [0.5, 0.6) is 0 Å². The number of ether oxygens (including phenoxy) is 1. The zero-order valence-electron chi connectivity index (χ0n) is 15.5. The summed E-state index contributed by atoms with van der Waals surface area (Å²) in [7, 11) is 0. The van der Waals surface area contributed by atoms with E-state index in [1.165, 1.54) is 5.56 Å². The van der Waals surface area contributed by atoms with Gasteiger partial charge in [-0.15, -0.1) is 0 Å². The van der Waals surface area contributed by atoms with Crippen LogP contribution in [0.3, 0.4) is 0 Å². The van der Waals surface area contributed by atoms with Gasteiger partial charge < -0.3 is 14.6 Å². The van der Waals surface area contributed by atoms with Gasteiger partial charge in [-0.05, 0) is 31.7 Å². The second kappa shape index (κ2) is 8.81. The first-order valence-corrected chi connectivity index (χ1v) is 9.28. The van der Waals surface area contributed by atoms with Crippen molar-refractivity contribution in [2.24, 2.45) is 0 Å². The van der Waals surface area contributed by atoms with Gasteiger partial charge in [0.15, 0.2) is 0 Å². The van der Waals surface area contributed by atoms with E-state index in [9.17, 15) is 14.4 Å². The molecule has 2 N–H and O–H groups in total. The fourth-order valence-electron chi connectivity index (χ4n) is 3.40. The molecule has 1 aromatic heterocycles. The molecular formula is C20H25N3O4. The molecule has 1 aromatic carbocycles. The van der Waals surface area contributed by atoms with Crippen LogP contribution < -0.4 is 11.2 Å². The van der Waals surface area contributed by atoms with E-state index >= 15 is 0 Å². The van der Waals surface area contributed by atoms with Gasteiger partial charge in [0.2, 0.25) is 5.91 Å². The van der Waals surface area contributed by atoms with Crippen LogP contribution in [0.2, 0.25) is 0 Å². The summed E-state index contributed by atoms with van der Waals surface area (Å²) in [5, 5.41) is 0. The number of morpholine rings is 1. The lowest BCUT2D eigenvalue weighted by Crippen LogP contribution is -2.46. The standard InChI is InChI=1S/C20H25N3O4/c1-14-17(19(25)22-20(26)21-14)12-18(24)23-10-11-27-16(13-23)9-5-8-15-6-3-2-4-7-15/h2-4,6-7,16H,5,8-13H2,1H3,(H2,21,22,25,26). The maximum Gasteiger partial charge on any atom is 0.325 e. The van der Waals surface area contributed by atoms with Crippen LogP contribution in [0.25, 0.3) is 0 Å². The molecule has 0 saturated carbocycles.